The van der Waals surface area contributed by atoms with E-state index < -0.39 is 5.54 Å². The lowest BCUT2D eigenvalue weighted by molar-refractivity contribution is -0.136. The largest absolute Gasteiger partial charge is 0.508 e. The van der Waals surface area contributed by atoms with E-state index >= 15 is 0 Å². The minimum absolute atomic E-state index is 0.0824. The smallest absolute Gasteiger partial charge is 0.327 e. The molecule has 7 nitrogen and oxygen atoms in total. The monoisotopic (exact) mass is 451 g/mol. The van der Waals surface area contributed by atoms with Crippen molar-refractivity contribution in [1.82, 2.24) is 14.7 Å². The molecule has 2 fully saturated rings. The molecule has 0 unspecified atom stereocenters. The van der Waals surface area contributed by atoms with Crippen LogP contribution in [0.25, 0.3) is 0 Å². The highest BCUT2D eigenvalue weighted by Gasteiger charge is 2.57. The molecule has 33 heavy (non-hydrogen) atoms. The van der Waals surface area contributed by atoms with E-state index in [-0.39, 0.29) is 30.2 Å². The first-order chi connectivity index (χ1) is 15.8. The van der Waals surface area contributed by atoms with Gasteiger partial charge in [-0.15, -0.1) is 0 Å². The number of hydrogen-bond donors (Lipinski definition) is 1. The first-order valence-corrected chi connectivity index (χ1v) is 11.6. The summed E-state index contributed by atoms with van der Waals surface area (Å²) in [5.74, 6) is 1.19. The first kappa shape index (κ1) is 23.1. The van der Waals surface area contributed by atoms with Gasteiger partial charge in [-0.2, -0.15) is 0 Å². The van der Waals surface area contributed by atoms with E-state index in [4.69, 9.17) is 4.74 Å². The summed E-state index contributed by atoms with van der Waals surface area (Å²) in [5.41, 5.74) is 1.17. The predicted molar refractivity (Wildman–Crippen MR) is 126 cm³/mol. The molecule has 0 aromatic heterocycles. The summed E-state index contributed by atoms with van der Waals surface area (Å²) in [5, 5.41) is 9.75. The van der Waals surface area contributed by atoms with Gasteiger partial charge in [0.25, 0.3) is 5.91 Å². The van der Waals surface area contributed by atoms with Crippen molar-refractivity contribution in [2.24, 2.45) is 5.92 Å². The molecular weight excluding hydrogens is 418 g/mol. The van der Waals surface area contributed by atoms with Gasteiger partial charge in [0.15, 0.2) is 0 Å². The molecule has 3 amide bonds. The van der Waals surface area contributed by atoms with Crippen molar-refractivity contribution < 1.29 is 19.4 Å². The van der Waals surface area contributed by atoms with E-state index in [9.17, 15) is 14.7 Å². The number of nitrogens with zero attached hydrogens (tertiary/aromatic N) is 3. The molecule has 0 aliphatic carbocycles. The predicted octanol–water partition coefficient (Wildman–Crippen LogP) is 3.86. The highest BCUT2D eigenvalue weighted by atomic mass is 16.5. The Kier molecular flexibility index (Phi) is 6.61. The quantitative estimate of drug-likeness (QED) is 0.648. The van der Waals surface area contributed by atoms with Crippen LogP contribution in [0, 0.1) is 5.92 Å². The number of phenols is 1. The minimum Gasteiger partial charge on any atom is -0.508 e. The molecule has 2 aliphatic rings. The third-order valence-corrected chi connectivity index (χ3v) is 6.67. The number of benzene rings is 2. The normalized spacial score (nSPS) is 18.5. The van der Waals surface area contributed by atoms with E-state index in [1.807, 2.05) is 41.3 Å². The number of amides is 3. The van der Waals surface area contributed by atoms with Crippen LogP contribution in [-0.4, -0.2) is 64.0 Å². The molecule has 7 heteroatoms. The van der Waals surface area contributed by atoms with Gasteiger partial charge < -0.3 is 14.7 Å². The van der Waals surface area contributed by atoms with Gasteiger partial charge in [-0.05, 0) is 54.2 Å². The molecule has 1 spiro atoms. The van der Waals surface area contributed by atoms with Crippen molar-refractivity contribution in [3.63, 3.8) is 0 Å². The number of phenolic OH excluding ortho intramolecular Hbond substituents is 1. The molecule has 0 bridgehead atoms. The first-order valence-electron chi connectivity index (χ1n) is 11.6. The van der Waals surface area contributed by atoms with E-state index in [1.165, 1.54) is 4.90 Å². The molecule has 2 aromatic carbocycles. The molecule has 0 saturated carbocycles. The molecule has 0 atom stereocenters. The molecule has 176 valence electrons. The third-order valence-electron chi connectivity index (χ3n) is 6.67. The van der Waals surface area contributed by atoms with E-state index in [0.717, 1.165) is 30.0 Å². The van der Waals surface area contributed by atoms with Gasteiger partial charge in [-0.1, -0.05) is 38.1 Å². The maximum Gasteiger partial charge on any atom is 0.327 e. The summed E-state index contributed by atoms with van der Waals surface area (Å²) in [6.45, 7) is 7.15. The zero-order valence-corrected chi connectivity index (χ0v) is 19.7. The van der Waals surface area contributed by atoms with Crippen molar-refractivity contribution in [3.05, 3.63) is 59.7 Å². The SMILES string of the molecule is COc1ccc(CN2C(=O)N(CC(C)C)C3(CCN(Cc4cccc(O)c4)CC3)C2=O)cc1. The lowest BCUT2D eigenvalue weighted by Crippen LogP contribution is -2.57. The fraction of sp³-hybridized carbons (Fsp3) is 0.462. The molecule has 2 heterocycles. The Bertz CT molecular complexity index is 997. The summed E-state index contributed by atoms with van der Waals surface area (Å²) < 4.78 is 5.22. The second kappa shape index (κ2) is 9.43. The number of piperidine rings is 1. The Morgan fingerprint density at radius 2 is 1.70 bits per heavy atom. The Morgan fingerprint density at radius 1 is 1.00 bits per heavy atom. The number of urea groups is 1. The summed E-state index contributed by atoms with van der Waals surface area (Å²) in [7, 11) is 1.61. The van der Waals surface area contributed by atoms with Crippen molar-refractivity contribution >= 4 is 11.9 Å². The van der Waals surface area contributed by atoms with Crippen LogP contribution >= 0.6 is 0 Å². The number of hydrogen-bond acceptors (Lipinski definition) is 5. The van der Waals surface area contributed by atoms with Crippen LogP contribution in [-0.2, 0) is 17.9 Å². The second-order valence-corrected chi connectivity index (χ2v) is 9.50. The molecule has 1 N–H and O–H groups in total. The summed E-state index contributed by atoms with van der Waals surface area (Å²) in [6, 6.07) is 14.6. The number of carbonyl (C=O) groups excluding carboxylic acids is 2. The zero-order chi connectivity index (χ0) is 23.6. The molecule has 2 aromatic rings. The Balaban J connectivity index is 1.51. The average molecular weight is 452 g/mol. The zero-order valence-electron chi connectivity index (χ0n) is 19.7. The standard InChI is InChI=1S/C26H33N3O4/c1-19(2)16-29-25(32)28(18-20-7-9-23(33-3)10-8-20)24(31)26(29)11-13-27(14-12-26)17-21-5-4-6-22(30)15-21/h4-10,15,19,30H,11-14,16-18H2,1-3H3. The number of ether oxygens (including phenoxy) is 1. The van der Waals surface area contributed by atoms with E-state index in [2.05, 4.69) is 18.7 Å². The fourth-order valence-electron chi connectivity index (χ4n) is 4.93. The lowest BCUT2D eigenvalue weighted by atomic mass is 9.85. The highest BCUT2D eigenvalue weighted by Crippen LogP contribution is 2.39. The Morgan fingerprint density at radius 3 is 2.30 bits per heavy atom. The Labute approximate surface area is 195 Å². The fourth-order valence-corrected chi connectivity index (χ4v) is 4.93. The summed E-state index contributed by atoms with van der Waals surface area (Å²) >= 11 is 0. The molecular formula is C26H33N3O4. The minimum atomic E-state index is -0.775. The number of carbonyl (C=O) groups is 2. The van der Waals surface area contributed by atoms with Crippen LogP contribution in [0.5, 0.6) is 11.5 Å². The summed E-state index contributed by atoms with van der Waals surface area (Å²) in [6.07, 6.45) is 1.23. The van der Waals surface area contributed by atoms with Gasteiger partial charge in [0.1, 0.15) is 17.0 Å². The summed E-state index contributed by atoms with van der Waals surface area (Å²) in [4.78, 5) is 32.7. The second-order valence-electron chi connectivity index (χ2n) is 9.50. The lowest BCUT2D eigenvalue weighted by Gasteiger charge is -2.42. The molecule has 4 rings (SSSR count). The maximum atomic E-state index is 13.7. The van der Waals surface area contributed by atoms with Crippen LogP contribution in [0.4, 0.5) is 4.79 Å². The van der Waals surface area contributed by atoms with Crippen LogP contribution in [0.15, 0.2) is 48.5 Å². The third kappa shape index (κ3) is 4.69. The molecule has 0 radical (unpaired) electrons. The highest BCUT2D eigenvalue weighted by molar-refractivity contribution is 6.07. The number of aromatic hydroxyl groups is 1. The van der Waals surface area contributed by atoms with Crippen LogP contribution < -0.4 is 4.74 Å². The molecule has 2 aliphatic heterocycles. The Hall–Kier alpha value is -3.06. The maximum absolute atomic E-state index is 13.7. The average Bonchev–Trinajstić information content (AvgIpc) is 2.97. The van der Waals surface area contributed by atoms with Gasteiger partial charge in [-0.25, -0.2) is 4.79 Å². The van der Waals surface area contributed by atoms with E-state index in [0.29, 0.717) is 25.9 Å². The van der Waals surface area contributed by atoms with Crippen LogP contribution in [0.3, 0.4) is 0 Å². The van der Waals surface area contributed by atoms with Gasteiger partial charge >= 0.3 is 6.03 Å². The van der Waals surface area contributed by atoms with Gasteiger partial charge in [0.05, 0.1) is 13.7 Å². The van der Waals surface area contributed by atoms with Crippen LogP contribution in [0.1, 0.15) is 37.8 Å². The van der Waals surface area contributed by atoms with Crippen LogP contribution in [0.2, 0.25) is 0 Å². The van der Waals surface area contributed by atoms with E-state index in [1.54, 1.807) is 19.2 Å². The number of likely N-dealkylation sites (tertiary alicyclic amines) is 1. The van der Waals surface area contributed by atoms with Crippen molar-refractivity contribution in [1.29, 1.82) is 0 Å². The number of rotatable bonds is 7. The van der Waals surface area contributed by atoms with Crippen molar-refractivity contribution in [3.8, 4) is 11.5 Å². The van der Waals surface area contributed by atoms with Crippen molar-refractivity contribution in [2.45, 2.75) is 45.3 Å². The molecule has 2 saturated heterocycles. The van der Waals surface area contributed by atoms with Crippen molar-refractivity contribution in [2.75, 3.05) is 26.7 Å². The topological polar surface area (TPSA) is 73.3 Å². The number of imide groups is 1. The van der Waals surface area contributed by atoms with Gasteiger partial charge in [0, 0.05) is 26.2 Å². The number of methoxy groups -OCH3 is 1. The van der Waals surface area contributed by atoms with Gasteiger partial charge in [0.2, 0.25) is 0 Å². The van der Waals surface area contributed by atoms with Gasteiger partial charge in [-0.3, -0.25) is 14.6 Å².